The fraction of sp³-hybridized carbons (Fsp3) is 0.0800. The predicted octanol–water partition coefficient (Wildman–Crippen LogP) is 4.60. The first-order valence-electron chi connectivity index (χ1n) is 10.1. The average molecular weight is 447 g/mol. The van der Waals surface area contributed by atoms with Crippen LogP contribution in [-0.4, -0.2) is 14.3 Å². The van der Waals surface area contributed by atoms with Gasteiger partial charge in [0.15, 0.2) is 0 Å². The molecule has 162 valence electrons. The summed E-state index contributed by atoms with van der Waals surface area (Å²) in [5.74, 6) is 0.211. The molecule has 0 atom stereocenters. The summed E-state index contributed by atoms with van der Waals surface area (Å²) < 4.78 is 32.9. The van der Waals surface area contributed by atoms with E-state index in [1.54, 1.807) is 30.3 Å². The van der Waals surface area contributed by atoms with E-state index >= 15 is 0 Å². The molecule has 1 aromatic heterocycles. The molecule has 0 spiro atoms. The van der Waals surface area contributed by atoms with Gasteiger partial charge >= 0.3 is 0 Å². The number of rotatable bonds is 8. The molecule has 1 heterocycles. The Kier molecular flexibility index (Phi) is 6.49. The van der Waals surface area contributed by atoms with E-state index in [-0.39, 0.29) is 17.3 Å². The largest absolute Gasteiger partial charge is 0.468 e. The maximum absolute atomic E-state index is 13.0. The molecular formula is C25H22N2O4S. The van der Waals surface area contributed by atoms with Crippen LogP contribution in [0.4, 0.5) is 5.69 Å². The molecule has 0 radical (unpaired) electrons. The van der Waals surface area contributed by atoms with Crippen LogP contribution in [0.2, 0.25) is 0 Å². The van der Waals surface area contributed by atoms with E-state index in [2.05, 4.69) is 10.0 Å². The second kappa shape index (κ2) is 9.64. The van der Waals surface area contributed by atoms with E-state index in [0.717, 1.165) is 11.1 Å². The second-order valence-corrected chi connectivity index (χ2v) is 8.97. The number of benzene rings is 3. The molecule has 0 unspecified atom stereocenters. The van der Waals surface area contributed by atoms with Crippen LogP contribution in [0, 0.1) is 0 Å². The van der Waals surface area contributed by atoms with Gasteiger partial charge in [0.1, 0.15) is 5.76 Å². The fourth-order valence-electron chi connectivity index (χ4n) is 3.31. The molecule has 0 aliphatic carbocycles. The first kappa shape index (κ1) is 21.5. The highest BCUT2D eigenvalue weighted by atomic mass is 32.2. The number of anilines is 1. The molecule has 0 fully saturated rings. The Bertz CT molecular complexity index is 1300. The van der Waals surface area contributed by atoms with Crippen molar-refractivity contribution in [3.8, 4) is 0 Å². The Labute approximate surface area is 187 Å². The minimum atomic E-state index is -3.77. The van der Waals surface area contributed by atoms with E-state index in [4.69, 9.17) is 4.42 Å². The number of sulfonamides is 1. The average Bonchev–Trinajstić information content (AvgIpc) is 3.33. The molecule has 3 aromatic carbocycles. The number of nitrogens with one attached hydrogen (secondary N) is 2. The van der Waals surface area contributed by atoms with Crippen molar-refractivity contribution in [1.82, 2.24) is 4.72 Å². The first-order valence-corrected chi connectivity index (χ1v) is 11.5. The lowest BCUT2D eigenvalue weighted by atomic mass is 9.99. The van der Waals surface area contributed by atoms with Crippen molar-refractivity contribution in [2.45, 2.75) is 17.9 Å². The van der Waals surface area contributed by atoms with E-state index in [9.17, 15) is 13.2 Å². The third-order valence-corrected chi connectivity index (χ3v) is 6.32. The summed E-state index contributed by atoms with van der Waals surface area (Å²) in [6.07, 6.45) is 2.10. The van der Waals surface area contributed by atoms with Crippen molar-refractivity contribution < 1.29 is 17.6 Å². The van der Waals surface area contributed by atoms with Crippen molar-refractivity contribution in [2.75, 3.05) is 5.32 Å². The lowest BCUT2D eigenvalue weighted by Gasteiger charge is -2.12. The van der Waals surface area contributed by atoms with Crippen LogP contribution in [-0.2, 0) is 23.0 Å². The minimum Gasteiger partial charge on any atom is -0.468 e. The van der Waals surface area contributed by atoms with Crippen LogP contribution in [0.25, 0.3) is 0 Å². The number of hydrogen-bond acceptors (Lipinski definition) is 4. The van der Waals surface area contributed by atoms with E-state index < -0.39 is 10.0 Å². The van der Waals surface area contributed by atoms with Crippen molar-refractivity contribution in [3.05, 3.63) is 120 Å². The van der Waals surface area contributed by atoms with Gasteiger partial charge in [0, 0.05) is 11.3 Å². The molecule has 4 aromatic rings. The lowest BCUT2D eigenvalue weighted by Crippen LogP contribution is -2.23. The predicted molar refractivity (Wildman–Crippen MR) is 123 cm³/mol. The normalized spacial score (nSPS) is 11.2. The molecule has 0 saturated heterocycles. The molecule has 2 N–H and O–H groups in total. The summed E-state index contributed by atoms with van der Waals surface area (Å²) in [5, 5.41) is 2.82. The highest BCUT2D eigenvalue weighted by Gasteiger charge is 2.17. The number of amides is 1. The summed E-state index contributed by atoms with van der Waals surface area (Å²) in [7, 11) is -3.77. The third kappa shape index (κ3) is 5.32. The Morgan fingerprint density at radius 2 is 1.62 bits per heavy atom. The lowest BCUT2D eigenvalue weighted by molar-refractivity contribution is 0.102. The first-order chi connectivity index (χ1) is 15.5. The molecule has 4 rings (SSSR count). The fourth-order valence-corrected chi connectivity index (χ4v) is 4.35. The SMILES string of the molecule is O=C(Nc1cccc(S(=O)(=O)NCc2ccco2)c1)c1ccccc1Cc1ccccc1. The molecule has 7 heteroatoms. The van der Waals surface area contributed by atoms with Gasteiger partial charge in [-0.1, -0.05) is 54.6 Å². The molecule has 0 aliphatic heterocycles. The van der Waals surface area contributed by atoms with Crippen molar-refractivity contribution in [3.63, 3.8) is 0 Å². The number of furan rings is 1. The van der Waals surface area contributed by atoms with Crippen molar-refractivity contribution in [2.24, 2.45) is 0 Å². The highest BCUT2D eigenvalue weighted by molar-refractivity contribution is 7.89. The zero-order valence-electron chi connectivity index (χ0n) is 17.2. The van der Waals surface area contributed by atoms with Gasteiger partial charge in [-0.05, 0) is 53.9 Å². The summed E-state index contributed by atoms with van der Waals surface area (Å²) in [5.41, 5.74) is 2.93. The van der Waals surface area contributed by atoms with Gasteiger partial charge in [-0.3, -0.25) is 4.79 Å². The zero-order valence-corrected chi connectivity index (χ0v) is 18.0. The van der Waals surface area contributed by atoms with E-state index in [1.165, 1.54) is 18.4 Å². The molecular weight excluding hydrogens is 424 g/mol. The quantitative estimate of drug-likeness (QED) is 0.414. The molecule has 32 heavy (non-hydrogen) atoms. The van der Waals surface area contributed by atoms with Crippen molar-refractivity contribution >= 4 is 21.6 Å². The summed E-state index contributed by atoms with van der Waals surface area (Å²) in [6, 6.07) is 26.8. The molecule has 0 saturated carbocycles. The van der Waals surface area contributed by atoms with Crippen LogP contribution in [0.15, 0.2) is 107 Å². The Hall–Kier alpha value is -3.68. The van der Waals surface area contributed by atoms with Gasteiger partial charge < -0.3 is 9.73 Å². The van der Waals surface area contributed by atoms with Gasteiger partial charge in [-0.2, -0.15) is 0 Å². The van der Waals surface area contributed by atoms with Gasteiger partial charge in [0.25, 0.3) is 5.91 Å². The third-order valence-electron chi connectivity index (χ3n) is 4.92. The second-order valence-electron chi connectivity index (χ2n) is 7.21. The molecule has 1 amide bonds. The van der Waals surface area contributed by atoms with Gasteiger partial charge in [0.05, 0.1) is 17.7 Å². The Morgan fingerprint density at radius 1 is 0.844 bits per heavy atom. The van der Waals surface area contributed by atoms with Gasteiger partial charge in [-0.25, -0.2) is 13.1 Å². The summed E-state index contributed by atoms with van der Waals surface area (Å²) in [4.78, 5) is 13.0. The standard InChI is InChI=1S/C25H22N2O4S/c28-25(24-14-5-4-10-20(24)16-19-8-2-1-3-9-19)27-21-11-6-13-23(17-21)32(29,30)26-18-22-12-7-15-31-22/h1-15,17,26H,16,18H2,(H,27,28). The monoisotopic (exact) mass is 446 g/mol. The smallest absolute Gasteiger partial charge is 0.255 e. The zero-order chi connectivity index (χ0) is 22.4. The highest BCUT2D eigenvalue weighted by Crippen LogP contribution is 2.19. The minimum absolute atomic E-state index is 0.0405. The van der Waals surface area contributed by atoms with Crippen LogP contribution < -0.4 is 10.0 Å². The van der Waals surface area contributed by atoms with Crippen LogP contribution in [0.3, 0.4) is 0 Å². The summed E-state index contributed by atoms with van der Waals surface area (Å²) in [6.45, 7) is 0.0405. The van der Waals surface area contributed by atoms with Gasteiger partial charge in [-0.15, -0.1) is 0 Å². The molecule has 0 aliphatic rings. The van der Waals surface area contributed by atoms with Crippen LogP contribution in [0.1, 0.15) is 27.2 Å². The summed E-state index contributed by atoms with van der Waals surface area (Å²) >= 11 is 0. The van der Waals surface area contributed by atoms with Crippen LogP contribution in [0.5, 0.6) is 0 Å². The maximum Gasteiger partial charge on any atom is 0.255 e. The Morgan fingerprint density at radius 3 is 2.41 bits per heavy atom. The molecule has 0 bridgehead atoms. The molecule has 6 nitrogen and oxygen atoms in total. The van der Waals surface area contributed by atoms with E-state index in [0.29, 0.717) is 23.4 Å². The van der Waals surface area contributed by atoms with Crippen LogP contribution >= 0.6 is 0 Å². The number of carbonyl (C=O) groups is 1. The Balaban J connectivity index is 1.50. The maximum atomic E-state index is 13.0. The number of hydrogen-bond donors (Lipinski definition) is 2. The van der Waals surface area contributed by atoms with Crippen molar-refractivity contribution in [1.29, 1.82) is 0 Å². The van der Waals surface area contributed by atoms with Gasteiger partial charge in [0.2, 0.25) is 10.0 Å². The topological polar surface area (TPSA) is 88.4 Å². The number of carbonyl (C=O) groups excluding carboxylic acids is 1. The van der Waals surface area contributed by atoms with E-state index in [1.807, 2.05) is 48.5 Å².